The highest BCUT2D eigenvalue weighted by atomic mass is 16.7. The third-order valence-electron chi connectivity index (χ3n) is 3.09. The number of hydrogen-bond donors (Lipinski definition) is 0. The maximum atomic E-state index is 11.3. The van der Waals surface area contributed by atoms with E-state index in [-0.39, 0.29) is 6.29 Å². The molecule has 0 aromatic heterocycles. The molecule has 1 aliphatic rings. The zero-order valence-corrected chi connectivity index (χ0v) is 12.5. The fraction of sp³-hybridized carbons (Fsp3) is 0.812. The molecule has 1 heterocycles. The summed E-state index contributed by atoms with van der Waals surface area (Å²) in [6.45, 7) is 3.90. The number of rotatable bonds is 8. The highest BCUT2D eigenvalue weighted by molar-refractivity contribution is 5.88. The summed E-state index contributed by atoms with van der Waals surface area (Å²) in [6, 6.07) is 0. The molecule has 20 heavy (non-hydrogen) atoms. The molecule has 0 aliphatic carbocycles. The molecule has 1 saturated heterocycles. The average Bonchev–Trinajstić information content (AvgIpc) is 2.48. The maximum Gasteiger partial charge on any atom is 0.384 e. The minimum absolute atomic E-state index is 0.0870. The van der Waals surface area contributed by atoms with Gasteiger partial charge < -0.3 is 14.2 Å². The van der Waals surface area contributed by atoms with Gasteiger partial charge in [0.1, 0.15) is 0 Å². The molecule has 0 radical (unpaired) electrons. The van der Waals surface area contributed by atoms with Crippen LogP contribution in [0.15, 0.2) is 0 Å². The zero-order chi connectivity index (χ0) is 14.5. The second-order valence-electron chi connectivity index (χ2n) is 4.92. The summed E-state index contributed by atoms with van der Waals surface area (Å²) in [5, 5.41) is 0. The summed E-state index contributed by atoms with van der Waals surface area (Å²) in [4.78, 5) is 11.3. The molecular weight excluding hydrogens is 256 g/mol. The summed E-state index contributed by atoms with van der Waals surface area (Å²) in [6.07, 6.45) is 8.05. The Morgan fingerprint density at radius 1 is 1.25 bits per heavy atom. The Bertz CT molecular complexity index is 310. The van der Waals surface area contributed by atoms with Crippen molar-refractivity contribution in [2.75, 3.05) is 19.8 Å². The van der Waals surface area contributed by atoms with E-state index in [4.69, 9.17) is 14.2 Å². The molecule has 114 valence electrons. The van der Waals surface area contributed by atoms with Crippen molar-refractivity contribution in [2.45, 2.75) is 64.6 Å². The normalized spacial score (nSPS) is 18.1. The molecule has 0 saturated carbocycles. The van der Waals surface area contributed by atoms with Crippen LogP contribution in [0.3, 0.4) is 0 Å². The molecule has 0 N–H and O–H groups in total. The van der Waals surface area contributed by atoms with Crippen LogP contribution in [0.1, 0.15) is 58.3 Å². The van der Waals surface area contributed by atoms with E-state index < -0.39 is 5.97 Å². The van der Waals surface area contributed by atoms with Crippen LogP contribution in [-0.2, 0) is 19.0 Å². The molecule has 1 unspecified atom stereocenters. The lowest BCUT2D eigenvalue weighted by molar-refractivity contribution is -0.161. The molecule has 0 spiro atoms. The third kappa shape index (κ3) is 8.95. The third-order valence-corrected chi connectivity index (χ3v) is 3.09. The van der Waals surface area contributed by atoms with E-state index in [1.54, 1.807) is 0 Å². The number of ether oxygens (including phenoxy) is 3. The SMILES string of the molecule is CCCCCCOC(=O)C#CCCOC1CCCCO1. The first-order valence-electron chi connectivity index (χ1n) is 7.71. The van der Waals surface area contributed by atoms with E-state index in [1.165, 1.54) is 12.8 Å². The van der Waals surface area contributed by atoms with Gasteiger partial charge in [0.05, 0.1) is 13.2 Å². The lowest BCUT2D eigenvalue weighted by Gasteiger charge is -2.22. The monoisotopic (exact) mass is 282 g/mol. The Morgan fingerprint density at radius 3 is 2.90 bits per heavy atom. The average molecular weight is 282 g/mol. The van der Waals surface area contributed by atoms with Gasteiger partial charge in [-0.2, -0.15) is 0 Å². The Morgan fingerprint density at radius 2 is 2.15 bits per heavy atom. The highest BCUT2D eigenvalue weighted by Gasteiger charge is 2.12. The van der Waals surface area contributed by atoms with Gasteiger partial charge in [-0.3, -0.25) is 0 Å². The van der Waals surface area contributed by atoms with E-state index in [0.29, 0.717) is 19.6 Å². The zero-order valence-electron chi connectivity index (χ0n) is 12.5. The number of carbonyl (C=O) groups excluding carboxylic acids is 1. The molecule has 1 aliphatic heterocycles. The molecule has 4 heteroatoms. The molecular formula is C16H26O4. The minimum atomic E-state index is -0.435. The van der Waals surface area contributed by atoms with Crippen molar-refractivity contribution in [1.82, 2.24) is 0 Å². The number of unbranched alkanes of at least 4 members (excludes halogenated alkanes) is 3. The van der Waals surface area contributed by atoms with Gasteiger partial charge in [0.25, 0.3) is 0 Å². The molecule has 4 nitrogen and oxygen atoms in total. The van der Waals surface area contributed by atoms with Gasteiger partial charge in [0, 0.05) is 18.9 Å². The van der Waals surface area contributed by atoms with Crippen molar-refractivity contribution in [3.05, 3.63) is 0 Å². The predicted octanol–water partition coefficient (Wildman–Crippen LogP) is 3.05. The second kappa shape index (κ2) is 11.7. The van der Waals surface area contributed by atoms with Crippen LogP contribution in [0.5, 0.6) is 0 Å². The van der Waals surface area contributed by atoms with E-state index in [2.05, 4.69) is 18.8 Å². The molecule has 0 amide bonds. The Hall–Kier alpha value is -1.05. The second-order valence-corrected chi connectivity index (χ2v) is 4.92. The lowest BCUT2D eigenvalue weighted by atomic mass is 10.2. The summed E-state index contributed by atoms with van der Waals surface area (Å²) >= 11 is 0. The quantitative estimate of drug-likeness (QED) is 0.297. The Kier molecular flexibility index (Phi) is 9.99. The van der Waals surface area contributed by atoms with E-state index in [9.17, 15) is 4.79 Å². The first-order chi connectivity index (χ1) is 9.83. The molecule has 0 aromatic rings. The largest absolute Gasteiger partial charge is 0.456 e. The van der Waals surface area contributed by atoms with Gasteiger partial charge in [-0.05, 0) is 25.7 Å². The fourth-order valence-corrected chi connectivity index (χ4v) is 1.95. The Balaban J connectivity index is 1.96. The van der Waals surface area contributed by atoms with Gasteiger partial charge in [-0.15, -0.1) is 0 Å². The number of esters is 1. The van der Waals surface area contributed by atoms with Crippen molar-refractivity contribution >= 4 is 5.97 Å². The van der Waals surface area contributed by atoms with Crippen LogP contribution in [-0.4, -0.2) is 32.1 Å². The molecule has 1 rings (SSSR count). The fourth-order valence-electron chi connectivity index (χ4n) is 1.95. The summed E-state index contributed by atoms with van der Waals surface area (Å²) in [5.74, 6) is 4.82. The highest BCUT2D eigenvalue weighted by Crippen LogP contribution is 2.13. The van der Waals surface area contributed by atoms with Crippen LogP contribution in [0.25, 0.3) is 0 Å². The first-order valence-corrected chi connectivity index (χ1v) is 7.71. The van der Waals surface area contributed by atoms with Gasteiger partial charge in [0.2, 0.25) is 0 Å². The van der Waals surface area contributed by atoms with Gasteiger partial charge in [0.15, 0.2) is 6.29 Å². The lowest BCUT2D eigenvalue weighted by Crippen LogP contribution is -2.22. The molecule has 1 atom stereocenters. The van der Waals surface area contributed by atoms with Crippen molar-refractivity contribution in [3.63, 3.8) is 0 Å². The maximum absolute atomic E-state index is 11.3. The molecule has 0 aromatic carbocycles. The van der Waals surface area contributed by atoms with E-state index >= 15 is 0 Å². The van der Waals surface area contributed by atoms with Gasteiger partial charge in [-0.25, -0.2) is 4.79 Å². The van der Waals surface area contributed by atoms with Gasteiger partial charge in [-0.1, -0.05) is 32.1 Å². The smallest absolute Gasteiger partial charge is 0.384 e. The van der Waals surface area contributed by atoms with Crippen LogP contribution in [0.2, 0.25) is 0 Å². The van der Waals surface area contributed by atoms with E-state index in [0.717, 1.165) is 38.7 Å². The first kappa shape index (κ1) is 17.0. The van der Waals surface area contributed by atoms with Crippen molar-refractivity contribution in [1.29, 1.82) is 0 Å². The van der Waals surface area contributed by atoms with Gasteiger partial charge >= 0.3 is 5.97 Å². The van der Waals surface area contributed by atoms with Crippen molar-refractivity contribution in [2.24, 2.45) is 0 Å². The van der Waals surface area contributed by atoms with Crippen molar-refractivity contribution in [3.8, 4) is 11.8 Å². The van der Waals surface area contributed by atoms with Crippen LogP contribution in [0.4, 0.5) is 0 Å². The van der Waals surface area contributed by atoms with Crippen LogP contribution >= 0.6 is 0 Å². The van der Waals surface area contributed by atoms with E-state index in [1.807, 2.05) is 0 Å². The summed E-state index contributed by atoms with van der Waals surface area (Å²) in [7, 11) is 0. The predicted molar refractivity (Wildman–Crippen MR) is 77.0 cm³/mol. The standard InChI is InChI=1S/C16H26O4/c1-2-3-4-7-12-18-15(17)10-5-8-13-19-16-11-6-9-14-20-16/h16H,2-4,6-9,11-14H2,1H3. The topological polar surface area (TPSA) is 44.8 Å². The number of hydrogen-bond acceptors (Lipinski definition) is 4. The summed E-state index contributed by atoms with van der Waals surface area (Å²) in [5.41, 5.74) is 0. The Labute approximate surface area is 122 Å². The molecule has 1 fully saturated rings. The van der Waals surface area contributed by atoms with Crippen molar-refractivity contribution < 1.29 is 19.0 Å². The van der Waals surface area contributed by atoms with Crippen LogP contribution < -0.4 is 0 Å². The van der Waals surface area contributed by atoms with Crippen LogP contribution in [0, 0.1) is 11.8 Å². The minimum Gasteiger partial charge on any atom is -0.456 e. The summed E-state index contributed by atoms with van der Waals surface area (Å²) < 4.78 is 15.9. The number of carbonyl (C=O) groups is 1. The molecule has 0 bridgehead atoms.